The van der Waals surface area contributed by atoms with E-state index >= 15 is 0 Å². The average molecular weight is 360 g/mol. The second kappa shape index (κ2) is 7.18. The Kier molecular flexibility index (Phi) is 4.98. The predicted molar refractivity (Wildman–Crippen MR) is 97.5 cm³/mol. The van der Waals surface area contributed by atoms with Gasteiger partial charge in [-0.1, -0.05) is 11.3 Å². The molecular weight excluding hydrogens is 340 g/mol. The number of hydrogen-bond donors (Lipinski definition) is 2. The highest BCUT2D eigenvalue weighted by Gasteiger charge is 2.26. The molecule has 0 saturated carbocycles. The second-order valence-corrected chi connectivity index (χ2v) is 7.18. The van der Waals surface area contributed by atoms with Crippen LogP contribution in [-0.4, -0.2) is 40.7 Å². The first-order valence-electron chi connectivity index (χ1n) is 8.17. The zero-order chi connectivity index (χ0) is 18.0. The fourth-order valence-corrected chi connectivity index (χ4v) is 3.83. The standard InChI is InChI=1S/C17H20N4O3S/c1-10(22)18-13-3-4-14-15(9-13)25-17(19-14)20-16(24)12-5-7-21(8-6-12)11(2)23/h3-4,9,12H,5-8H2,1-2H3,(H,18,22)(H,19,20,24). The van der Waals surface area contributed by atoms with Gasteiger partial charge in [0.25, 0.3) is 0 Å². The second-order valence-electron chi connectivity index (χ2n) is 6.15. The zero-order valence-corrected chi connectivity index (χ0v) is 15.0. The number of thiazole rings is 1. The van der Waals surface area contributed by atoms with Crippen molar-refractivity contribution in [2.45, 2.75) is 26.7 Å². The van der Waals surface area contributed by atoms with E-state index in [4.69, 9.17) is 0 Å². The largest absolute Gasteiger partial charge is 0.343 e. The van der Waals surface area contributed by atoms with Gasteiger partial charge in [-0.15, -0.1) is 0 Å². The van der Waals surface area contributed by atoms with E-state index in [1.165, 1.54) is 18.3 Å². The summed E-state index contributed by atoms with van der Waals surface area (Å²) in [6, 6.07) is 5.44. The Morgan fingerprint density at radius 1 is 1.16 bits per heavy atom. The quantitative estimate of drug-likeness (QED) is 0.879. The van der Waals surface area contributed by atoms with Crippen LogP contribution in [-0.2, 0) is 14.4 Å². The van der Waals surface area contributed by atoms with Crippen molar-refractivity contribution >= 4 is 50.1 Å². The van der Waals surface area contributed by atoms with Crippen LogP contribution in [0.4, 0.5) is 10.8 Å². The highest BCUT2D eigenvalue weighted by molar-refractivity contribution is 7.22. The van der Waals surface area contributed by atoms with Gasteiger partial charge in [0.2, 0.25) is 17.7 Å². The molecule has 7 nitrogen and oxygen atoms in total. The van der Waals surface area contributed by atoms with Gasteiger partial charge in [0, 0.05) is 38.5 Å². The van der Waals surface area contributed by atoms with E-state index in [1.54, 1.807) is 17.9 Å². The van der Waals surface area contributed by atoms with Gasteiger partial charge in [-0.25, -0.2) is 4.98 Å². The molecule has 3 rings (SSSR count). The lowest BCUT2D eigenvalue weighted by atomic mass is 9.96. The maximum absolute atomic E-state index is 12.4. The Morgan fingerprint density at radius 2 is 1.88 bits per heavy atom. The van der Waals surface area contributed by atoms with Crippen LogP contribution in [0.2, 0.25) is 0 Å². The number of anilines is 2. The Balaban J connectivity index is 1.65. The summed E-state index contributed by atoms with van der Waals surface area (Å²) in [5.74, 6) is -0.226. The summed E-state index contributed by atoms with van der Waals surface area (Å²) in [6.45, 7) is 4.25. The molecule has 8 heteroatoms. The number of fused-ring (bicyclic) bond motifs is 1. The molecule has 0 aliphatic carbocycles. The monoisotopic (exact) mass is 360 g/mol. The molecule has 1 aromatic heterocycles. The fraction of sp³-hybridized carbons (Fsp3) is 0.412. The SMILES string of the molecule is CC(=O)Nc1ccc2nc(NC(=O)C3CCN(C(C)=O)CC3)sc2c1. The van der Waals surface area contributed by atoms with E-state index < -0.39 is 0 Å². The summed E-state index contributed by atoms with van der Waals surface area (Å²) in [6.07, 6.45) is 1.34. The topological polar surface area (TPSA) is 91.4 Å². The van der Waals surface area contributed by atoms with Crippen molar-refractivity contribution in [1.29, 1.82) is 0 Å². The van der Waals surface area contributed by atoms with Crippen LogP contribution in [0.5, 0.6) is 0 Å². The molecule has 1 aliphatic heterocycles. The summed E-state index contributed by atoms with van der Waals surface area (Å²) >= 11 is 1.38. The van der Waals surface area contributed by atoms with Crippen molar-refractivity contribution in [3.8, 4) is 0 Å². The van der Waals surface area contributed by atoms with Crippen LogP contribution in [0.25, 0.3) is 10.2 Å². The zero-order valence-electron chi connectivity index (χ0n) is 14.2. The molecule has 1 fully saturated rings. The minimum Gasteiger partial charge on any atom is -0.343 e. The van der Waals surface area contributed by atoms with Gasteiger partial charge in [-0.3, -0.25) is 14.4 Å². The molecule has 0 unspecified atom stereocenters. The van der Waals surface area contributed by atoms with Gasteiger partial charge in [-0.2, -0.15) is 0 Å². The Labute approximate surface area is 149 Å². The predicted octanol–water partition coefficient (Wildman–Crippen LogP) is 2.45. The van der Waals surface area contributed by atoms with Crippen LogP contribution >= 0.6 is 11.3 Å². The summed E-state index contributed by atoms with van der Waals surface area (Å²) in [7, 11) is 0. The molecule has 2 heterocycles. The smallest absolute Gasteiger partial charge is 0.229 e. The molecule has 1 saturated heterocycles. The Morgan fingerprint density at radius 3 is 2.52 bits per heavy atom. The van der Waals surface area contributed by atoms with Crippen molar-refractivity contribution < 1.29 is 14.4 Å². The van der Waals surface area contributed by atoms with E-state index in [2.05, 4.69) is 15.6 Å². The summed E-state index contributed by atoms with van der Waals surface area (Å²) < 4.78 is 0.896. The number of amides is 3. The maximum atomic E-state index is 12.4. The summed E-state index contributed by atoms with van der Waals surface area (Å²) in [4.78, 5) is 41.1. The minimum atomic E-state index is -0.130. The number of benzene rings is 1. The Hall–Kier alpha value is -2.48. The molecule has 0 bridgehead atoms. The molecule has 132 valence electrons. The number of likely N-dealkylation sites (tertiary alicyclic amines) is 1. The number of piperidine rings is 1. The third kappa shape index (κ3) is 4.14. The van der Waals surface area contributed by atoms with Gasteiger partial charge in [0.05, 0.1) is 10.2 Å². The van der Waals surface area contributed by atoms with E-state index in [-0.39, 0.29) is 23.6 Å². The number of nitrogens with zero attached hydrogens (tertiary/aromatic N) is 2. The molecule has 1 aromatic carbocycles. The highest BCUT2D eigenvalue weighted by atomic mass is 32.1. The fourth-order valence-electron chi connectivity index (χ4n) is 2.92. The minimum absolute atomic E-state index is 0.0515. The summed E-state index contributed by atoms with van der Waals surface area (Å²) in [5, 5.41) is 6.17. The first kappa shape index (κ1) is 17.3. The van der Waals surface area contributed by atoms with Crippen molar-refractivity contribution in [1.82, 2.24) is 9.88 Å². The molecule has 0 spiro atoms. The van der Waals surface area contributed by atoms with Crippen molar-refractivity contribution in [3.63, 3.8) is 0 Å². The first-order valence-corrected chi connectivity index (χ1v) is 8.98. The third-order valence-electron chi connectivity index (χ3n) is 4.25. The van der Waals surface area contributed by atoms with Crippen LogP contribution in [0.3, 0.4) is 0 Å². The molecule has 1 aliphatic rings. The van der Waals surface area contributed by atoms with E-state index in [0.29, 0.717) is 36.8 Å². The van der Waals surface area contributed by atoms with E-state index in [1.807, 2.05) is 12.1 Å². The van der Waals surface area contributed by atoms with Crippen LogP contribution in [0.15, 0.2) is 18.2 Å². The normalized spacial score (nSPS) is 15.2. The van der Waals surface area contributed by atoms with Gasteiger partial charge >= 0.3 is 0 Å². The van der Waals surface area contributed by atoms with E-state index in [0.717, 1.165) is 10.2 Å². The average Bonchev–Trinajstić information content (AvgIpc) is 2.95. The molecule has 2 N–H and O–H groups in total. The lowest BCUT2D eigenvalue weighted by Gasteiger charge is -2.30. The maximum Gasteiger partial charge on any atom is 0.229 e. The van der Waals surface area contributed by atoms with Crippen LogP contribution in [0.1, 0.15) is 26.7 Å². The molecule has 0 atom stereocenters. The number of nitrogens with one attached hydrogen (secondary N) is 2. The van der Waals surface area contributed by atoms with Crippen LogP contribution in [0, 0.1) is 5.92 Å². The number of carbonyl (C=O) groups is 3. The molecule has 0 radical (unpaired) electrons. The van der Waals surface area contributed by atoms with Crippen molar-refractivity contribution in [3.05, 3.63) is 18.2 Å². The number of hydrogen-bond acceptors (Lipinski definition) is 5. The van der Waals surface area contributed by atoms with Crippen molar-refractivity contribution in [2.24, 2.45) is 5.92 Å². The molecule has 2 aromatic rings. The first-order chi connectivity index (χ1) is 11.9. The third-order valence-corrected chi connectivity index (χ3v) is 5.18. The van der Waals surface area contributed by atoms with E-state index in [9.17, 15) is 14.4 Å². The molecular formula is C17H20N4O3S. The summed E-state index contributed by atoms with van der Waals surface area (Å²) in [5.41, 5.74) is 1.49. The van der Waals surface area contributed by atoms with Gasteiger partial charge in [-0.05, 0) is 31.0 Å². The lowest BCUT2D eigenvalue weighted by Crippen LogP contribution is -2.40. The van der Waals surface area contributed by atoms with Gasteiger partial charge < -0.3 is 15.5 Å². The van der Waals surface area contributed by atoms with Gasteiger partial charge in [0.1, 0.15) is 0 Å². The lowest BCUT2D eigenvalue weighted by molar-refractivity contribution is -0.132. The highest BCUT2D eigenvalue weighted by Crippen LogP contribution is 2.29. The van der Waals surface area contributed by atoms with Gasteiger partial charge in [0.15, 0.2) is 5.13 Å². The number of rotatable bonds is 3. The number of aromatic nitrogens is 1. The van der Waals surface area contributed by atoms with Crippen LogP contribution < -0.4 is 10.6 Å². The van der Waals surface area contributed by atoms with Crippen molar-refractivity contribution in [2.75, 3.05) is 23.7 Å². The number of carbonyl (C=O) groups excluding carboxylic acids is 3. The molecule has 25 heavy (non-hydrogen) atoms. The Bertz CT molecular complexity index is 824. The molecule has 3 amide bonds.